The van der Waals surface area contributed by atoms with Gasteiger partial charge in [0.15, 0.2) is 11.8 Å². The van der Waals surface area contributed by atoms with Crippen LogP contribution in [0.3, 0.4) is 0 Å². The van der Waals surface area contributed by atoms with Crippen LogP contribution in [-0.4, -0.2) is 47.0 Å². The van der Waals surface area contributed by atoms with E-state index in [1.54, 1.807) is 7.05 Å². The van der Waals surface area contributed by atoms with Crippen molar-refractivity contribution in [1.82, 2.24) is 25.4 Å². The van der Waals surface area contributed by atoms with Crippen LogP contribution in [0.25, 0.3) is 0 Å². The van der Waals surface area contributed by atoms with E-state index in [0.29, 0.717) is 12.6 Å². The number of nitrogens with one attached hydrogen (secondary N) is 2. The lowest BCUT2D eigenvalue weighted by molar-refractivity contribution is 0.0468. The molecule has 1 aliphatic heterocycles. The van der Waals surface area contributed by atoms with Gasteiger partial charge in [0.1, 0.15) is 5.82 Å². The number of rotatable bonds is 6. The molecule has 1 aromatic heterocycles. The third kappa shape index (κ3) is 7.21. The van der Waals surface area contributed by atoms with Crippen molar-refractivity contribution in [2.24, 2.45) is 4.99 Å². The molecule has 154 valence electrons. The van der Waals surface area contributed by atoms with Crippen LogP contribution in [0.2, 0.25) is 0 Å². The second-order valence-corrected chi connectivity index (χ2v) is 7.33. The Morgan fingerprint density at radius 1 is 1.07 bits per heavy atom. The molecule has 0 spiro atoms. The van der Waals surface area contributed by atoms with Crippen molar-refractivity contribution >= 4 is 29.9 Å². The maximum Gasteiger partial charge on any atom is 0.191 e. The van der Waals surface area contributed by atoms with Crippen molar-refractivity contribution in [3.05, 3.63) is 11.6 Å². The van der Waals surface area contributed by atoms with Gasteiger partial charge >= 0.3 is 0 Å². The van der Waals surface area contributed by atoms with Crippen molar-refractivity contribution in [2.75, 3.05) is 20.2 Å². The average Bonchev–Trinajstić information content (AvgIpc) is 2.87. The first-order valence-electron chi connectivity index (χ1n) is 10.3. The fourth-order valence-corrected chi connectivity index (χ4v) is 3.86. The second-order valence-electron chi connectivity index (χ2n) is 7.33. The molecule has 0 unspecified atom stereocenters. The van der Waals surface area contributed by atoms with Crippen molar-refractivity contribution in [3.63, 3.8) is 0 Å². The Kier molecular flexibility index (Phi) is 10.4. The maximum atomic E-state index is 6.02. The van der Waals surface area contributed by atoms with E-state index in [1.165, 1.54) is 57.8 Å². The molecule has 0 radical (unpaired) electrons. The Balaban J connectivity index is 0.00000261. The van der Waals surface area contributed by atoms with Crippen molar-refractivity contribution in [2.45, 2.75) is 83.4 Å². The normalized spacial score (nSPS) is 18.8. The summed E-state index contributed by atoms with van der Waals surface area (Å²) in [5.41, 5.74) is 0. The first-order chi connectivity index (χ1) is 12.9. The third-order valence-electron chi connectivity index (χ3n) is 5.37. The van der Waals surface area contributed by atoms with Crippen molar-refractivity contribution in [1.29, 1.82) is 0 Å². The van der Waals surface area contributed by atoms with E-state index < -0.39 is 0 Å². The number of guanidine groups is 1. The number of ether oxygens (including phenoxy) is 1. The van der Waals surface area contributed by atoms with Crippen molar-refractivity contribution < 1.29 is 4.74 Å². The highest BCUT2D eigenvalue weighted by Gasteiger charge is 2.15. The molecule has 27 heavy (non-hydrogen) atoms. The van der Waals surface area contributed by atoms with Gasteiger partial charge in [-0.25, -0.2) is 0 Å². The Morgan fingerprint density at radius 2 is 1.85 bits per heavy atom. The largest absolute Gasteiger partial charge is 0.376 e. The Bertz CT molecular complexity index is 569. The number of fused-ring (bicyclic) bond motifs is 1. The summed E-state index contributed by atoms with van der Waals surface area (Å²) < 4.78 is 8.29. The molecular formula is C19H35IN6O. The lowest BCUT2D eigenvalue weighted by Gasteiger charge is -2.17. The number of aryl methyl sites for hydroxylation is 1. The fourth-order valence-electron chi connectivity index (χ4n) is 3.86. The molecule has 1 aliphatic carbocycles. The van der Waals surface area contributed by atoms with Gasteiger partial charge in [-0.1, -0.05) is 32.1 Å². The summed E-state index contributed by atoms with van der Waals surface area (Å²) in [5.74, 6) is 2.92. The molecule has 8 heteroatoms. The predicted molar refractivity (Wildman–Crippen MR) is 119 cm³/mol. The molecule has 2 aliphatic rings. The molecule has 0 atom stereocenters. The molecule has 1 saturated carbocycles. The van der Waals surface area contributed by atoms with E-state index in [9.17, 15) is 0 Å². The highest BCUT2D eigenvalue weighted by Crippen LogP contribution is 2.19. The van der Waals surface area contributed by atoms with Crippen LogP contribution in [0, 0.1) is 0 Å². The quantitative estimate of drug-likeness (QED) is 0.211. The Labute approximate surface area is 180 Å². The van der Waals surface area contributed by atoms with Crippen LogP contribution in [0.5, 0.6) is 0 Å². The summed E-state index contributed by atoms with van der Waals surface area (Å²) in [4.78, 5) is 4.30. The van der Waals surface area contributed by atoms with E-state index in [-0.39, 0.29) is 24.0 Å². The standard InChI is InChI=1S/C19H34N6O.HI/c1-20-19(21-12-14-26-16-9-5-2-3-6-10-16)22-15-18-24-23-17-11-7-4-8-13-25(17)18;/h16H,2-15H2,1H3,(H2,20,21,22);1H. The van der Waals surface area contributed by atoms with Crippen LogP contribution in [0.4, 0.5) is 0 Å². The number of hydrogen-bond donors (Lipinski definition) is 2. The third-order valence-corrected chi connectivity index (χ3v) is 5.37. The number of halogens is 1. The summed E-state index contributed by atoms with van der Waals surface area (Å²) in [6.07, 6.45) is 13.0. The van der Waals surface area contributed by atoms with Crippen molar-refractivity contribution in [3.8, 4) is 0 Å². The summed E-state index contributed by atoms with van der Waals surface area (Å²) in [7, 11) is 1.80. The monoisotopic (exact) mass is 490 g/mol. The molecule has 1 fully saturated rings. The molecule has 2 heterocycles. The summed E-state index contributed by atoms with van der Waals surface area (Å²) in [5, 5.41) is 15.4. The van der Waals surface area contributed by atoms with E-state index in [4.69, 9.17) is 4.74 Å². The first-order valence-corrected chi connectivity index (χ1v) is 10.3. The zero-order valence-electron chi connectivity index (χ0n) is 16.6. The van der Waals surface area contributed by atoms with Gasteiger partial charge in [-0.3, -0.25) is 4.99 Å². The highest BCUT2D eigenvalue weighted by molar-refractivity contribution is 14.0. The summed E-state index contributed by atoms with van der Waals surface area (Å²) in [6, 6.07) is 0. The van der Waals surface area contributed by atoms with Crippen LogP contribution in [0.15, 0.2) is 4.99 Å². The molecule has 7 nitrogen and oxygen atoms in total. The van der Waals surface area contributed by atoms with Gasteiger partial charge in [0.2, 0.25) is 0 Å². The minimum Gasteiger partial charge on any atom is -0.376 e. The Morgan fingerprint density at radius 3 is 2.63 bits per heavy atom. The van der Waals surface area contributed by atoms with Crippen LogP contribution in [0.1, 0.15) is 69.4 Å². The van der Waals surface area contributed by atoms with E-state index in [2.05, 4.69) is 30.4 Å². The average molecular weight is 490 g/mol. The van der Waals surface area contributed by atoms with Gasteiger partial charge in [0.05, 0.1) is 19.3 Å². The number of hydrogen-bond acceptors (Lipinski definition) is 4. The maximum absolute atomic E-state index is 6.02. The van der Waals surface area contributed by atoms with E-state index >= 15 is 0 Å². The van der Waals surface area contributed by atoms with Gasteiger partial charge < -0.3 is 19.9 Å². The molecule has 0 bridgehead atoms. The molecule has 0 aromatic carbocycles. The highest BCUT2D eigenvalue weighted by atomic mass is 127. The summed E-state index contributed by atoms with van der Waals surface area (Å²) >= 11 is 0. The Hall–Kier alpha value is -0.900. The zero-order valence-corrected chi connectivity index (χ0v) is 18.9. The lowest BCUT2D eigenvalue weighted by Crippen LogP contribution is -2.39. The minimum absolute atomic E-state index is 0. The van der Waals surface area contributed by atoms with Gasteiger partial charge in [0.25, 0.3) is 0 Å². The van der Waals surface area contributed by atoms with Crippen LogP contribution in [-0.2, 0) is 24.2 Å². The summed E-state index contributed by atoms with van der Waals surface area (Å²) in [6.45, 7) is 3.18. The zero-order chi connectivity index (χ0) is 18.0. The topological polar surface area (TPSA) is 76.4 Å². The molecule has 3 rings (SSSR count). The van der Waals surface area contributed by atoms with Gasteiger partial charge in [-0.15, -0.1) is 34.2 Å². The van der Waals surface area contributed by atoms with E-state index in [0.717, 1.165) is 43.7 Å². The number of nitrogens with zero attached hydrogens (tertiary/aromatic N) is 4. The predicted octanol–water partition coefficient (Wildman–Crippen LogP) is 3.03. The van der Waals surface area contributed by atoms with Crippen LogP contribution < -0.4 is 10.6 Å². The fraction of sp³-hybridized carbons (Fsp3) is 0.842. The smallest absolute Gasteiger partial charge is 0.191 e. The molecule has 1 aromatic rings. The molecule has 0 saturated heterocycles. The molecule has 0 amide bonds. The SMILES string of the molecule is CN=C(NCCOC1CCCCCC1)NCc1nnc2n1CCCCC2.I. The van der Waals surface area contributed by atoms with Gasteiger partial charge in [-0.2, -0.15) is 0 Å². The molecular weight excluding hydrogens is 455 g/mol. The second kappa shape index (κ2) is 12.5. The lowest BCUT2D eigenvalue weighted by atomic mass is 10.1. The number of aliphatic imine (C=N–C) groups is 1. The van der Waals surface area contributed by atoms with Crippen LogP contribution >= 0.6 is 24.0 Å². The first kappa shape index (κ1) is 22.4. The van der Waals surface area contributed by atoms with Gasteiger partial charge in [-0.05, 0) is 25.7 Å². The minimum atomic E-state index is 0. The van der Waals surface area contributed by atoms with E-state index in [1.807, 2.05) is 0 Å². The number of aromatic nitrogens is 3. The van der Waals surface area contributed by atoms with Gasteiger partial charge in [0, 0.05) is 26.6 Å². The molecule has 2 N–H and O–H groups in total.